The van der Waals surface area contributed by atoms with Crippen LogP contribution in [0.5, 0.6) is 0 Å². The molecule has 1 fully saturated rings. The van der Waals surface area contributed by atoms with Crippen molar-refractivity contribution in [3.8, 4) is 0 Å². The molecule has 1 aliphatic heterocycles. The Balaban J connectivity index is 2.06. The Morgan fingerprint density at radius 3 is 2.57 bits per heavy atom. The summed E-state index contributed by atoms with van der Waals surface area (Å²) < 4.78 is 23.4. The van der Waals surface area contributed by atoms with E-state index in [0.29, 0.717) is 18.0 Å². The highest BCUT2D eigenvalue weighted by Gasteiger charge is 2.35. The molecule has 2 rings (SSSR count). The number of carbonyl (C=O) groups is 1. The molecule has 7 heteroatoms. The molecule has 0 spiro atoms. The summed E-state index contributed by atoms with van der Waals surface area (Å²) in [5.41, 5.74) is 0. The van der Waals surface area contributed by atoms with Crippen molar-refractivity contribution in [2.75, 3.05) is 18.1 Å². The summed E-state index contributed by atoms with van der Waals surface area (Å²) in [4.78, 5) is 15.5. The summed E-state index contributed by atoms with van der Waals surface area (Å²) in [5, 5.41) is 0.406. The Morgan fingerprint density at radius 1 is 1.39 bits per heavy atom. The average molecular weight is 376 g/mol. The van der Waals surface area contributed by atoms with Gasteiger partial charge in [0.1, 0.15) is 0 Å². The second-order valence-electron chi connectivity index (χ2n) is 5.80. The molecule has 0 aromatic heterocycles. The molecule has 0 saturated carbocycles. The molecule has 1 aromatic carbocycles. The Kier molecular flexibility index (Phi) is 6.40. The number of rotatable bonds is 6. The fourth-order valence-corrected chi connectivity index (χ4v) is 5.53. The van der Waals surface area contributed by atoms with Gasteiger partial charge in [-0.05, 0) is 44.0 Å². The molecule has 1 aromatic rings. The third-order valence-corrected chi connectivity index (χ3v) is 6.97. The van der Waals surface area contributed by atoms with E-state index in [1.165, 1.54) is 11.8 Å². The van der Waals surface area contributed by atoms with Crippen molar-refractivity contribution in [3.05, 3.63) is 29.3 Å². The van der Waals surface area contributed by atoms with Gasteiger partial charge in [-0.25, -0.2) is 8.42 Å². The van der Waals surface area contributed by atoms with Crippen LogP contribution in [0.15, 0.2) is 29.2 Å². The molecular formula is C16H22ClNO3S2. The summed E-state index contributed by atoms with van der Waals surface area (Å²) >= 11 is 7.35. The molecule has 23 heavy (non-hydrogen) atoms. The third-order valence-electron chi connectivity index (χ3n) is 3.87. The van der Waals surface area contributed by atoms with Gasteiger partial charge in [-0.3, -0.25) is 4.79 Å². The van der Waals surface area contributed by atoms with Gasteiger partial charge in [0.2, 0.25) is 5.91 Å². The van der Waals surface area contributed by atoms with Crippen molar-refractivity contribution >= 4 is 39.1 Å². The van der Waals surface area contributed by atoms with Gasteiger partial charge in [0.05, 0.1) is 16.8 Å². The highest BCUT2D eigenvalue weighted by molar-refractivity contribution is 8.00. The summed E-state index contributed by atoms with van der Waals surface area (Å²) in [6, 6.07) is 7.20. The number of sulfone groups is 1. The third kappa shape index (κ3) is 5.13. The normalized spacial score (nSPS) is 21.1. The molecule has 1 heterocycles. The minimum atomic E-state index is -3.00. The second-order valence-corrected chi connectivity index (χ2v) is 9.88. The van der Waals surface area contributed by atoms with Crippen LogP contribution in [0.25, 0.3) is 0 Å². The number of thioether (sulfide) groups is 1. The maximum absolute atomic E-state index is 12.8. The van der Waals surface area contributed by atoms with Gasteiger partial charge in [-0.2, -0.15) is 0 Å². The van der Waals surface area contributed by atoms with Crippen LogP contribution in [-0.2, 0) is 14.6 Å². The maximum atomic E-state index is 12.8. The second kappa shape index (κ2) is 7.90. The van der Waals surface area contributed by atoms with Crippen LogP contribution < -0.4 is 0 Å². The molecule has 0 bridgehead atoms. The Hall–Kier alpha value is -0.720. The first-order chi connectivity index (χ1) is 10.8. The highest BCUT2D eigenvalue weighted by Crippen LogP contribution is 2.28. The zero-order valence-electron chi connectivity index (χ0n) is 13.4. The van der Waals surface area contributed by atoms with E-state index in [1.807, 2.05) is 26.0 Å². The lowest BCUT2D eigenvalue weighted by Crippen LogP contribution is -2.45. The summed E-state index contributed by atoms with van der Waals surface area (Å²) in [6.07, 6.45) is 1.37. The lowest BCUT2D eigenvalue weighted by Gasteiger charge is -2.30. The van der Waals surface area contributed by atoms with Crippen molar-refractivity contribution in [1.29, 1.82) is 0 Å². The largest absolute Gasteiger partial charge is 0.338 e. The zero-order chi connectivity index (χ0) is 17.0. The van der Waals surface area contributed by atoms with Gasteiger partial charge < -0.3 is 4.90 Å². The fourth-order valence-electron chi connectivity index (χ4n) is 2.74. The van der Waals surface area contributed by atoms with Gasteiger partial charge in [0.15, 0.2) is 9.84 Å². The van der Waals surface area contributed by atoms with Crippen LogP contribution in [0, 0.1) is 0 Å². The molecule has 1 saturated heterocycles. The molecular weight excluding hydrogens is 354 g/mol. The summed E-state index contributed by atoms with van der Waals surface area (Å²) in [5.74, 6) is 0.287. The van der Waals surface area contributed by atoms with Crippen LogP contribution in [0.1, 0.15) is 26.7 Å². The first-order valence-electron chi connectivity index (χ1n) is 7.75. The van der Waals surface area contributed by atoms with E-state index < -0.39 is 9.84 Å². The Bertz CT molecular complexity index is 646. The van der Waals surface area contributed by atoms with Crippen LogP contribution >= 0.6 is 23.4 Å². The zero-order valence-corrected chi connectivity index (χ0v) is 15.8. The first kappa shape index (κ1) is 18.6. The van der Waals surface area contributed by atoms with Crippen LogP contribution in [0.3, 0.4) is 0 Å². The highest BCUT2D eigenvalue weighted by atomic mass is 35.5. The number of nitrogens with zero attached hydrogens (tertiary/aromatic N) is 1. The summed E-state index contributed by atoms with van der Waals surface area (Å²) in [6.45, 7) is 4.47. The molecule has 2 atom stereocenters. The lowest BCUT2D eigenvalue weighted by molar-refractivity contribution is -0.132. The molecule has 0 radical (unpaired) electrons. The van der Waals surface area contributed by atoms with Crippen LogP contribution in [-0.4, -0.2) is 48.6 Å². The lowest BCUT2D eigenvalue weighted by atomic mass is 10.2. The van der Waals surface area contributed by atoms with E-state index in [1.54, 1.807) is 17.0 Å². The van der Waals surface area contributed by atoms with E-state index >= 15 is 0 Å². The van der Waals surface area contributed by atoms with Gasteiger partial charge in [0.25, 0.3) is 0 Å². The van der Waals surface area contributed by atoms with Crippen molar-refractivity contribution in [3.63, 3.8) is 0 Å². The fraction of sp³-hybridized carbons (Fsp3) is 0.562. The number of hydrogen-bond acceptors (Lipinski definition) is 4. The molecule has 4 nitrogen and oxygen atoms in total. The standard InChI is InChI=1S/C16H22ClNO3S2/c1-3-9-18(14-8-10-23(20,21)11-14)16(19)12(2)22-15-6-4-13(17)5-7-15/h4-7,12,14H,3,8-11H2,1-2H3. The minimum Gasteiger partial charge on any atom is -0.338 e. The smallest absolute Gasteiger partial charge is 0.236 e. The molecule has 1 amide bonds. The molecule has 2 unspecified atom stereocenters. The number of halogens is 1. The predicted octanol–water partition coefficient (Wildman–Crippen LogP) is 3.25. The average Bonchev–Trinajstić information content (AvgIpc) is 2.86. The number of carbonyl (C=O) groups excluding carboxylic acids is 1. The first-order valence-corrected chi connectivity index (χ1v) is 10.8. The van der Waals surface area contributed by atoms with E-state index in [-0.39, 0.29) is 28.7 Å². The molecule has 1 aliphatic rings. The van der Waals surface area contributed by atoms with E-state index in [4.69, 9.17) is 11.6 Å². The molecule has 128 valence electrons. The van der Waals surface area contributed by atoms with E-state index in [2.05, 4.69) is 0 Å². The summed E-state index contributed by atoms with van der Waals surface area (Å²) in [7, 11) is -3.00. The quantitative estimate of drug-likeness (QED) is 0.716. The van der Waals surface area contributed by atoms with Gasteiger partial charge in [-0.15, -0.1) is 11.8 Å². The van der Waals surface area contributed by atoms with Gasteiger partial charge in [0, 0.05) is 22.5 Å². The SMILES string of the molecule is CCCN(C(=O)C(C)Sc1ccc(Cl)cc1)C1CCS(=O)(=O)C1. The van der Waals surface area contributed by atoms with Crippen molar-refractivity contribution in [2.24, 2.45) is 0 Å². The Morgan fingerprint density at radius 2 is 2.04 bits per heavy atom. The number of hydrogen-bond donors (Lipinski definition) is 0. The van der Waals surface area contributed by atoms with Crippen molar-refractivity contribution < 1.29 is 13.2 Å². The molecule has 0 aliphatic carbocycles. The predicted molar refractivity (Wildman–Crippen MR) is 95.8 cm³/mol. The van der Waals surface area contributed by atoms with Crippen molar-refractivity contribution in [2.45, 2.75) is 42.9 Å². The van der Waals surface area contributed by atoms with Gasteiger partial charge >= 0.3 is 0 Å². The number of amides is 1. The minimum absolute atomic E-state index is 0.00824. The van der Waals surface area contributed by atoms with E-state index in [9.17, 15) is 13.2 Å². The molecule has 0 N–H and O–H groups in total. The van der Waals surface area contributed by atoms with Crippen LogP contribution in [0.4, 0.5) is 0 Å². The number of benzene rings is 1. The Labute approximate surface area is 147 Å². The maximum Gasteiger partial charge on any atom is 0.236 e. The van der Waals surface area contributed by atoms with Crippen LogP contribution in [0.2, 0.25) is 5.02 Å². The van der Waals surface area contributed by atoms with Gasteiger partial charge in [-0.1, -0.05) is 18.5 Å². The van der Waals surface area contributed by atoms with E-state index in [0.717, 1.165) is 11.3 Å². The topological polar surface area (TPSA) is 54.5 Å². The van der Waals surface area contributed by atoms with Crippen molar-refractivity contribution in [1.82, 2.24) is 4.90 Å². The monoisotopic (exact) mass is 375 g/mol.